The first-order valence-electron chi connectivity index (χ1n) is 3.37. The lowest BCUT2D eigenvalue weighted by molar-refractivity contribution is -0.136. The van der Waals surface area contributed by atoms with Gasteiger partial charge in [-0.2, -0.15) is 0 Å². The van der Waals surface area contributed by atoms with Crippen molar-refractivity contribution in [1.82, 2.24) is 0 Å². The lowest BCUT2D eigenvalue weighted by Crippen LogP contribution is -1.97. The lowest BCUT2D eigenvalue weighted by Gasteiger charge is -1.86. The van der Waals surface area contributed by atoms with Gasteiger partial charge in [0.1, 0.15) is 0 Å². The summed E-state index contributed by atoms with van der Waals surface area (Å²) in [6, 6.07) is 1.94. The van der Waals surface area contributed by atoms with Crippen molar-refractivity contribution in [3.05, 3.63) is 21.4 Å². The van der Waals surface area contributed by atoms with Crippen molar-refractivity contribution in [2.45, 2.75) is 20.3 Å². The number of thiophene rings is 1. The second kappa shape index (κ2) is 3.05. The minimum absolute atomic E-state index is 0.152. The van der Waals surface area contributed by atoms with E-state index < -0.39 is 5.97 Å². The van der Waals surface area contributed by atoms with Crippen LogP contribution in [0.15, 0.2) is 6.07 Å². The van der Waals surface area contributed by atoms with Crippen molar-refractivity contribution in [1.29, 1.82) is 0 Å². The molecule has 0 aliphatic carbocycles. The Balaban J connectivity index is 2.81. The molecule has 1 aromatic rings. The molecule has 0 fully saturated rings. The highest BCUT2D eigenvalue weighted by Crippen LogP contribution is 2.20. The molecule has 11 heavy (non-hydrogen) atoms. The van der Waals surface area contributed by atoms with E-state index in [0.717, 1.165) is 4.88 Å². The molecule has 0 saturated heterocycles. The molecule has 2 nitrogen and oxygen atoms in total. The van der Waals surface area contributed by atoms with Crippen LogP contribution < -0.4 is 0 Å². The summed E-state index contributed by atoms with van der Waals surface area (Å²) in [5, 5.41) is 8.47. The summed E-state index contributed by atoms with van der Waals surface area (Å²) in [5.41, 5.74) is 1.19. The van der Waals surface area contributed by atoms with Crippen LogP contribution in [0.4, 0.5) is 0 Å². The second-order valence-electron chi connectivity index (χ2n) is 2.52. The first kappa shape index (κ1) is 8.27. The standard InChI is InChI=1S/C8H10O2S/c1-5-3-7(4-8(9)10)11-6(5)2/h3H,4H2,1-2H3,(H,9,10). The van der Waals surface area contributed by atoms with Crippen molar-refractivity contribution >= 4 is 17.3 Å². The maximum atomic E-state index is 10.3. The topological polar surface area (TPSA) is 37.3 Å². The van der Waals surface area contributed by atoms with Crippen molar-refractivity contribution in [2.24, 2.45) is 0 Å². The van der Waals surface area contributed by atoms with Crippen LogP contribution in [0.5, 0.6) is 0 Å². The third kappa shape index (κ3) is 2.05. The van der Waals surface area contributed by atoms with Crippen LogP contribution in [-0.2, 0) is 11.2 Å². The van der Waals surface area contributed by atoms with Gasteiger partial charge in [-0.1, -0.05) is 0 Å². The third-order valence-electron chi connectivity index (χ3n) is 1.54. The van der Waals surface area contributed by atoms with Gasteiger partial charge in [0.05, 0.1) is 6.42 Å². The molecule has 0 aliphatic heterocycles. The Morgan fingerprint density at radius 3 is 2.64 bits per heavy atom. The number of carboxylic acids is 1. The maximum absolute atomic E-state index is 10.3. The zero-order valence-corrected chi connectivity index (χ0v) is 7.36. The summed E-state index contributed by atoms with van der Waals surface area (Å²) in [5.74, 6) is -0.758. The SMILES string of the molecule is Cc1cc(CC(=O)O)sc1C. The fraction of sp³-hybridized carbons (Fsp3) is 0.375. The van der Waals surface area contributed by atoms with E-state index in [-0.39, 0.29) is 6.42 Å². The van der Waals surface area contributed by atoms with Gasteiger partial charge in [-0.15, -0.1) is 11.3 Å². The van der Waals surface area contributed by atoms with Gasteiger partial charge in [-0.3, -0.25) is 4.79 Å². The van der Waals surface area contributed by atoms with E-state index in [2.05, 4.69) is 0 Å². The molecule has 0 saturated carbocycles. The highest BCUT2D eigenvalue weighted by molar-refractivity contribution is 7.12. The molecule has 0 spiro atoms. The summed E-state index contributed by atoms with van der Waals surface area (Å²) in [6.07, 6.45) is 0.152. The Morgan fingerprint density at radius 2 is 2.27 bits per heavy atom. The molecule has 1 heterocycles. The molecule has 0 aromatic carbocycles. The number of hydrogen-bond acceptors (Lipinski definition) is 2. The fourth-order valence-electron chi connectivity index (χ4n) is 0.886. The summed E-state index contributed by atoms with van der Waals surface area (Å²) in [7, 11) is 0. The normalized spacial score (nSPS) is 10.0. The van der Waals surface area contributed by atoms with Crippen LogP contribution in [0.3, 0.4) is 0 Å². The number of carboxylic acid groups (broad SMARTS) is 1. The van der Waals surface area contributed by atoms with Gasteiger partial charge in [0.2, 0.25) is 0 Å². The van der Waals surface area contributed by atoms with Gasteiger partial charge < -0.3 is 5.11 Å². The quantitative estimate of drug-likeness (QED) is 0.737. The summed E-state index contributed by atoms with van der Waals surface area (Å²) in [4.78, 5) is 12.4. The molecule has 0 atom stereocenters. The Bertz CT molecular complexity index is 256. The van der Waals surface area contributed by atoms with Crippen LogP contribution in [0.2, 0.25) is 0 Å². The van der Waals surface area contributed by atoms with Crippen molar-refractivity contribution in [3.8, 4) is 0 Å². The van der Waals surface area contributed by atoms with E-state index in [9.17, 15) is 4.79 Å². The highest BCUT2D eigenvalue weighted by atomic mass is 32.1. The van der Waals surface area contributed by atoms with E-state index >= 15 is 0 Å². The van der Waals surface area contributed by atoms with Gasteiger partial charge in [0.25, 0.3) is 0 Å². The van der Waals surface area contributed by atoms with E-state index in [1.165, 1.54) is 10.4 Å². The monoisotopic (exact) mass is 170 g/mol. The molecule has 1 aromatic heterocycles. The van der Waals surface area contributed by atoms with Crippen LogP contribution in [-0.4, -0.2) is 11.1 Å². The Labute approximate surface area is 69.5 Å². The second-order valence-corrected chi connectivity index (χ2v) is 3.86. The van der Waals surface area contributed by atoms with E-state index in [4.69, 9.17) is 5.11 Å². The predicted octanol–water partition coefficient (Wildman–Crippen LogP) is 1.99. The zero-order chi connectivity index (χ0) is 8.43. The first-order chi connectivity index (χ1) is 5.09. The maximum Gasteiger partial charge on any atom is 0.308 e. The van der Waals surface area contributed by atoms with E-state index in [1.54, 1.807) is 11.3 Å². The zero-order valence-electron chi connectivity index (χ0n) is 6.55. The fourth-order valence-corrected chi connectivity index (χ4v) is 1.93. The molecule has 0 unspecified atom stereocenters. The largest absolute Gasteiger partial charge is 0.481 e. The number of aliphatic carboxylic acids is 1. The van der Waals surface area contributed by atoms with E-state index in [1.807, 2.05) is 19.9 Å². The molecular weight excluding hydrogens is 160 g/mol. The predicted molar refractivity (Wildman–Crippen MR) is 45.1 cm³/mol. The van der Waals surface area contributed by atoms with Gasteiger partial charge in [0, 0.05) is 9.75 Å². The minimum atomic E-state index is -0.758. The average molecular weight is 170 g/mol. The number of carbonyl (C=O) groups is 1. The van der Waals surface area contributed by atoms with E-state index in [0.29, 0.717) is 0 Å². The van der Waals surface area contributed by atoms with Crippen LogP contribution in [0.25, 0.3) is 0 Å². The van der Waals surface area contributed by atoms with Crippen LogP contribution in [0, 0.1) is 13.8 Å². The molecule has 1 rings (SSSR count). The highest BCUT2D eigenvalue weighted by Gasteiger charge is 2.04. The van der Waals surface area contributed by atoms with Gasteiger partial charge in [-0.05, 0) is 25.5 Å². The number of hydrogen-bond donors (Lipinski definition) is 1. The summed E-state index contributed by atoms with van der Waals surface area (Å²) < 4.78 is 0. The average Bonchev–Trinajstić information content (AvgIpc) is 2.10. The van der Waals surface area contributed by atoms with Gasteiger partial charge in [-0.25, -0.2) is 0 Å². The minimum Gasteiger partial charge on any atom is -0.481 e. The van der Waals surface area contributed by atoms with Crippen LogP contribution in [0.1, 0.15) is 15.3 Å². The summed E-state index contributed by atoms with van der Waals surface area (Å²) >= 11 is 1.56. The molecule has 0 bridgehead atoms. The van der Waals surface area contributed by atoms with Gasteiger partial charge in [0.15, 0.2) is 0 Å². The van der Waals surface area contributed by atoms with Gasteiger partial charge >= 0.3 is 5.97 Å². The Kier molecular flexibility index (Phi) is 2.29. The molecule has 1 N–H and O–H groups in total. The molecular formula is C8H10O2S. The molecule has 0 radical (unpaired) electrons. The Morgan fingerprint density at radius 1 is 1.64 bits per heavy atom. The third-order valence-corrected chi connectivity index (χ3v) is 2.70. The Hall–Kier alpha value is -0.830. The number of rotatable bonds is 2. The molecule has 0 aliphatic rings. The van der Waals surface area contributed by atoms with Crippen molar-refractivity contribution in [3.63, 3.8) is 0 Å². The first-order valence-corrected chi connectivity index (χ1v) is 4.19. The number of aryl methyl sites for hydroxylation is 2. The smallest absolute Gasteiger partial charge is 0.308 e. The molecule has 3 heteroatoms. The summed E-state index contributed by atoms with van der Waals surface area (Å²) in [6.45, 7) is 4.00. The molecule has 0 amide bonds. The molecule has 60 valence electrons. The van der Waals surface area contributed by atoms with Crippen molar-refractivity contribution < 1.29 is 9.90 Å². The van der Waals surface area contributed by atoms with Crippen LogP contribution >= 0.6 is 11.3 Å². The van der Waals surface area contributed by atoms with Crippen molar-refractivity contribution in [2.75, 3.05) is 0 Å². The lowest BCUT2D eigenvalue weighted by atomic mass is 10.2.